The van der Waals surface area contributed by atoms with Crippen LogP contribution >= 0.6 is 11.3 Å². The van der Waals surface area contributed by atoms with Crippen LogP contribution in [0.1, 0.15) is 35.0 Å². The van der Waals surface area contributed by atoms with Gasteiger partial charge in [0.15, 0.2) is 0 Å². The second kappa shape index (κ2) is 7.49. The lowest BCUT2D eigenvalue weighted by Crippen LogP contribution is -2.40. The predicted molar refractivity (Wildman–Crippen MR) is 94.9 cm³/mol. The van der Waals surface area contributed by atoms with Crippen LogP contribution in [0, 0.1) is 11.7 Å². The van der Waals surface area contributed by atoms with E-state index in [-0.39, 0.29) is 24.2 Å². The Bertz CT molecular complexity index is 805. The van der Waals surface area contributed by atoms with Crippen molar-refractivity contribution < 1.29 is 18.7 Å². The van der Waals surface area contributed by atoms with Gasteiger partial charge in [-0.15, -0.1) is 11.3 Å². The summed E-state index contributed by atoms with van der Waals surface area (Å²) in [6.07, 6.45) is 1.63. The Balaban J connectivity index is 1.97. The molecule has 1 atom stereocenters. The number of primary amides is 1. The highest BCUT2D eigenvalue weighted by atomic mass is 32.1. The van der Waals surface area contributed by atoms with Crippen molar-refractivity contribution in [2.75, 3.05) is 19.7 Å². The zero-order chi connectivity index (χ0) is 18.0. The molecule has 2 aromatic rings. The fourth-order valence-corrected chi connectivity index (χ4v) is 4.46. The summed E-state index contributed by atoms with van der Waals surface area (Å²) in [4.78, 5) is 26.3. The van der Waals surface area contributed by atoms with Crippen LogP contribution in [0.4, 0.5) is 4.39 Å². The zero-order valence-corrected chi connectivity index (χ0v) is 14.9. The highest BCUT2D eigenvalue weighted by Crippen LogP contribution is 2.35. The first-order chi connectivity index (χ1) is 12.0. The summed E-state index contributed by atoms with van der Waals surface area (Å²) in [7, 11) is 0. The molecule has 1 aromatic carbocycles. The Kier molecular flexibility index (Phi) is 5.34. The topological polar surface area (TPSA) is 72.6 Å². The van der Waals surface area contributed by atoms with Gasteiger partial charge in [-0.3, -0.25) is 9.69 Å². The van der Waals surface area contributed by atoms with E-state index in [0.717, 1.165) is 24.1 Å². The number of halogens is 1. The first-order valence-corrected chi connectivity index (χ1v) is 9.21. The van der Waals surface area contributed by atoms with Gasteiger partial charge in [0, 0.05) is 28.7 Å². The molecular formula is C18H21FN2O3S. The van der Waals surface area contributed by atoms with E-state index in [1.165, 1.54) is 17.4 Å². The number of thiophene rings is 1. The van der Waals surface area contributed by atoms with Crippen LogP contribution < -0.4 is 5.73 Å². The molecule has 3 rings (SSSR count). The summed E-state index contributed by atoms with van der Waals surface area (Å²) in [5.74, 6) is -1.28. The van der Waals surface area contributed by atoms with E-state index in [2.05, 4.69) is 4.90 Å². The first-order valence-electron chi connectivity index (χ1n) is 8.40. The van der Waals surface area contributed by atoms with Crippen molar-refractivity contribution >= 4 is 33.3 Å². The molecule has 0 spiro atoms. The number of hydrogen-bond donors (Lipinski definition) is 1. The molecule has 1 amide bonds. The molecule has 1 aliphatic rings. The molecule has 2 N–H and O–H groups in total. The molecule has 25 heavy (non-hydrogen) atoms. The molecule has 1 saturated heterocycles. The second-order valence-corrected chi connectivity index (χ2v) is 7.27. The monoisotopic (exact) mass is 364 g/mol. The molecule has 1 aliphatic heterocycles. The lowest BCUT2D eigenvalue weighted by molar-refractivity contribution is -0.123. The van der Waals surface area contributed by atoms with E-state index < -0.39 is 5.97 Å². The van der Waals surface area contributed by atoms with Gasteiger partial charge in [0.1, 0.15) is 10.7 Å². The SMILES string of the molecule is CCOC(=O)c1sc2cccc(F)c2c1CN1CCC[C@H](C(N)=O)C1. The summed E-state index contributed by atoms with van der Waals surface area (Å²) in [6, 6.07) is 4.84. The zero-order valence-electron chi connectivity index (χ0n) is 14.1. The lowest BCUT2D eigenvalue weighted by atomic mass is 9.97. The minimum absolute atomic E-state index is 0.199. The van der Waals surface area contributed by atoms with Gasteiger partial charge in [-0.05, 0) is 38.4 Å². The Morgan fingerprint density at radius 1 is 1.44 bits per heavy atom. The number of benzene rings is 1. The number of amides is 1. The van der Waals surface area contributed by atoms with Gasteiger partial charge >= 0.3 is 5.97 Å². The minimum Gasteiger partial charge on any atom is -0.462 e. The smallest absolute Gasteiger partial charge is 0.348 e. The molecule has 7 heteroatoms. The van der Waals surface area contributed by atoms with Crippen molar-refractivity contribution in [3.05, 3.63) is 34.5 Å². The molecular weight excluding hydrogens is 343 g/mol. The summed E-state index contributed by atoms with van der Waals surface area (Å²) in [6.45, 7) is 3.73. The van der Waals surface area contributed by atoms with Gasteiger partial charge in [-0.25, -0.2) is 9.18 Å². The maximum absolute atomic E-state index is 14.4. The van der Waals surface area contributed by atoms with E-state index in [0.29, 0.717) is 28.9 Å². The van der Waals surface area contributed by atoms with Crippen molar-refractivity contribution in [1.82, 2.24) is 4.90 Å². The highest BCUT2D eigenvalue weighted by Gasteiger charge is 2.28. The summed E-state index contributed by atoms with van der Waals surface area (Å²) in [5, 5.41) is 0.469. The van der Waals surface area contributed by atoms with E-state index >= 15 is 0 Å². The van der Waals surface area contributed by atoms with Crippen molar-refractivity contribution in [2.45, 2.75) is 26.3 Å². The molecule has 1 aromatic heterocycles. The number of likely N-dealkylation sites (tertiary alicyclic amines) is 1. The van der Waals surface area contributed by atoms with Crippen LogP contribution in [-0.2, 0) is 16.1 Å². The van der Waals surface area contributed by atoms with Crippen LogP contribution in [0.5, 0.6) is 0 Å². The summed E-state index contributed by atoms with van der Waals surface area (Å²) < 4.78 is 20.3. The Labute approximate surface area is 149 Å². The first kappa shape index (κ1) is 17.8. The number of carbonyl (C=O) groups is 2. The van der Waals surface area contributed by atoms with Gasteiger partial charge in [0.05, 0.1) is 12.5 Å². The number of piperidine rings is 1. The normalized spacial score (nSPS) is 18.4. The fraction of sp³-hybridized carbons (Fsp3) is 0.444. The van der Waals surface area contributed by atoms with Gasteiger partial charge in [0.25, 0.3) is 0 Å². The Hall–Kier alpha value is -1.99. The molecule has 0 bridgehead atoms. The molecule has 134 valence electrons. The molecule has 5 nitrogen and oxygen atoms in total. The average Bonchev–Trinajstić information content (AvgIpc) is 2.95. The molecule has 0 radical (unpaired) electrons. The van der Waals surface area contributed by atoms with Crippen LogP contribution in [0.25, 0.3) is 10.1 Å². The second-order valence-electron chi connectivity index (χ2n) is 6.22. The van der Waals surface area contributed by atoms with Crippen molar-refractivity contribution in [1.29, 1.82) is 0 Å². The van der Waals surface area contributed by atoms with Crippen molar-refractivity contribution in [2.24, 2.45) is 11.7 Å². The number of esters is 1. The van der Waals surface area contributed by atoms with Crippen LogP contribution in [0.15, 0.2) is 18.2 Å². The standard InChI is InChI=1S/C18H21FN2O3S/c1-2-24-18(23)16-12(15-13(19)6-3-7-14(15)25-16)10-21-8-4-5-11(9-21)17(20)22/h3,6-7,11H,2,4-5,8-10H2,1H3,(H2,20,22)/t11-/m0/s1. The molecule has 2 heterocycles. The van der Waals surface area contributed by atoms with Crippen LogP contribution in [0.3, 0.4) is 0 Å². The summed E-state index contributed by atoms with van der Waals surface area (Å²) >= 11 is 1.25. The minimum atomic E-state index is -0.429. The molecule has 0 aliphatic carbocycles. The van der Waals surface area contributed by atoms with E-state index in [9.17, 15) is 14.0 Å². The number of hydrogen-bond acceptors (Lipinski definition) is 5. The number of carbonyl (C=O) groups excluding carboxylic acids is 2. The van der Waals surface area contributed by atoms with Crippen LogP contribution in [-0.4, -0.2) is 36.5 Å². The number of nitrogens with two attached hydrogens (primary N) is 1. The van der Waals surface area contributed by atoms with Crippen LogP contribution in [0.2, 0.25) is 0 Å². The molecule has 0 unspecified atom stereocenters. The lowest BCUT2D eigenvalue weighted by Gasteiger charge is -2.31. The van der Waals surface area contributed by atoms with Gasteiger partial charge in [0.2, 0.25) is 5.91 Å². The van der Waals surface area contributed by atoms with Gasteiger partial charge in [-0.1, -0.05) is 6.07 Å². The number of nitrogens with zero attached hydrogens (tertiary/aromatic N) is 1. The quantitative estimate of drug-likeness (QED) is 0.828. The fourth-order valence-electron chi connectivity index (χ4n) is 3.33. The number of ether oxygens (including phenoxy) is 1. The van der Waals surface area contributed by atoms with Crippen molar-refractivity contribution in [3.63, 3.8) is 0 Å². The third kappa shape index (κ3) is 3.67. The maximum atomic E-state index is 14.4. The largest absolute Gasteiger partial charge is 0.462 e. The number of rotatable bonds is 5. The molecule has 1 fully saturated rings. The number of fused-ring (bicyclic) bond motifs is 1. The van der Waals surface area contributed by atoms with E-state index in [1.807, 2.05) is 0 Å². The third-order valence-corrected chi connectivity index (χ3v) is 5.69. The molecule has 0 saturated carbocycles. The van der Waals surface area contributed by atoms with Gasteiger partial charge < -0.3 is 10.5 Å². The summed E-state index contributed by atoms with van der Waals surface area (Å²) in [5.41, 5.74) is 6.08. The Morgan fingerprint density at radius 2 is 2.24 bits per heavy atom. The van der Waals surface area contributed by atoms with Gasteiger partial charge in [-0.2, -0.15) is 0 Å². The van der Waals surface area contributed by atoms with E-state index in [1.54, 1.807) is 19.1 Å². The van der Waals surface area contributed by atoms with Crippen molar-refractivity contribution in [3.8, 4) is 0 Å². The average molecular weight is 364 g/mol. The highest BCUT2D eigenvalue weighted by molar-refractivity contribution is 7.21. The van der Waals surface area contributed by atoms with E-state index in [4.69, 9.17) is 10.5 Å². The maximum Gasteiger partial charge on any atom is 0.348 e. The Morgan fingerprint density at radius 3 is 2.96 bits per heavy atom. The predicted octanol–water partition coefficient (Wildman–Crippen LogP) is 2.91. The third-order valence-electron chi connectivity index (χ3n) is 4.51.